The summed E-state index contributed by atoms with van der Waals surface area (Å²) in [6.07, 6.45) is -1.23. The summed E-state index contributed by atoms with van der Waals surface area (Å²) in [6, 6.07) is 14.8. The molecule has 1 fully saturated rings. The number of halogens is 2. The number of carbonyl (C=O) groups excluding carboxylic acids is 1. The molecule has 148 valence electrons. The maximum Gasteiger partial charge on any atom is 0.262 e. The summed E-state index contributed by atoms with van der Waals surface area (Å²) >= 11 is 0. The molecule has 0 saturated carbocycles. The van der Waals surface area contributed by atoms with Gasteiger partial charge in [0.15, 0.2) is 0 Å². The van der Waals surface area contributed by atoms with E-state index >= 15 is 0 Å². The van der Waals surface area contributed by atoms with E-state index in [1.54, 1.807) is 23.0 Å². The smallest absolute Gasteiger partial charge is 0.262 e. The van der Waals surface area contributed by atoms with Crippen molar-refractivity contribution in [2.24, 2.45) is 0 Å². The third-order valence-corrected chi connectivity index (χ3v) is 5.57. The van der Waals surface area contributed by atoms with Crippen LogP contribution in [-0.2, 0) is 0 Å². The highest BCUT2D eigenvalue weighted by Gasteiger charge is 2.47. The number of alkyl halides is 2. The minimum atomic E-state index is -2.35. The molecule has 2 aliphatic rings. The predicted octanol–water partition coefficient (Wildman–Crippen LogP) is 3.82. The molecular weight excluding hydrogens is 364 g/mol. The van der Waals surface area contributed by atoms with Crippen LogP contribution < -0.4 is 15.0 Å². The lowest BCUT2D eigenvalue weighted by molar-refractivity contribution is 0.0626. The quantitative estimate of drug-likeness (QED) is 0.866. The number of carbonyl (C=O) groups is 1. The molecule has 2 heterocycles. The summed E-state index contributed by atoms with van der Waals surface area (Å²) in [7, 11) is 1.60. The largest absolute Gasteiger partial charge is 0.497 e. The van der Waals surface area contributed by atoms with Crippen LogP contribution in [0.3, 0.4) is 0 Å². The van der Waals surface area contributed by atoms with Gasteiger partial charge in [-0.15, -0.1) is 0 Å². The second-order valence-electron chi connectivity index (χ2n) is 7.23. The SMILES string of the molecule is COc1ccc(N2C(=O)c3ccccc3NC23CCN(CC(F)F)CC3)cc1. The first-order valence-electron chi connectivity index (χ1n) is 9.39. The first kappa shape index (κ1) is 18.7. The van der Waals surface area contributed by atoms with Crippen LogP contribution in [0, 0.1) is 0 Å². The molecule has 1 N–H and O–H groups in total. The Morgan fingerprint density at radius 3 is 2.43 bits per heavy atom. The van der Waals surface area contributed by atoms with E-state index in [0.717, 1.165) is 11.4 Å². The maximum absolute atomic E-state index is 13.4. The van der Waals surface area contributed by atoms with Crippen LogP contribution in [-0.4, -0.2) is 49.6 Å². The molecule has 1 spiro atoms. The van der Waals surface area contributed by atoms with Gasteiger partial charge in [0.05, 0.1) is 19.2 Å². The van der Waals surface area contributed by atoms with Gasteiger partial charge in [0.2, 0.25) is 0 Å². The van der Waals surface area contributed by atoms with Gasteiger partial charge >= 0.3 is 0 Å². The van der Waals surface area contributed by atoms with E-state index in [1.807, 2.05) is 42.5 Å². The van der Waals surface area contributed by atoms with Crippen molar-refractivity contribution in [1.29, 1.82) is 0 Å². The van der Waals surface area contributed by atoms with Crippen LogP contribution in [0.5, 0.6) is 5.75 Å². The van der Waals surface area contributed by atoms with Crippen molar-refractivity contribution in [2.75, 3.05) is 37.0 Å². The average Bonchev–Trinajstić information content (AvgIpc) is 2.70. The number of ether oxygens (including phenoxy) is 1. The molecule has 2 aliphatic heterocycles. The second kappa shape index (κ2) is 7.39. The number of hydrogen-bond acceptors (Lipinski definition) is 4. The number of nitrogens with zero attached hydrogens (tertiary/aromatic N) is 2. The molecule has 0 bridgehead atoms. The predicted molar refractivity (Wildman–Crippen MR) is 104 cm³/mol. The number of hydrogen-bond donors (Lipinski definition) is 1. The highest BCUT2D eigenvalue weighted by atomic mass is 19.3. The third kappa shape index (κ3) is 3.30. The number of rotatable bonds is 4. The van der Waals surface area contributed by atoms with Crippen molar-refractivity contribution < 1.29 is 18.3 Å². The number of fused-ring (bicyclic) bond motifs is 1. The highest BCUT2D eigenvalue weighted by Crippen LogP contribution is 2.41. The summed E-state index contributed by atoms with van der Waals surface area (Å²) in [5, 5.41) is 3.55. The summed E-state index contributed by atoms with van der Waals surface area (Å²) in [6.45, 7) is 0.766. The van der Waals surface area contributed by atoms with Crippen molar-refractivity contribution in [2.45, 2.75) is 24.9 Å². The van der Waals surface area contributed by atoms with Gasteiger partial charge in [0.25, 0.3) is 12.3 Å². The molecule has 2 aromatic rings. The van der Waals surface area contributed by atoms with Crippen LogP contribution in [0.1, 0.15) is 23.2 Å². The lowest BCUT2D eigenvalue weighted by Gasteiger charge is -2.52. The number of piperidine rings is 1. The Balaban J connectivity index is 1.70. The van der Waals surface area contributed by atoms with Crippen molar-refractivity contribution in [3.63, 3.8) is 0 Å². The van der Waals surface area contributed by atoms with Gasteiger partial charge in [0.1, 0.15) is 11.4 Å². The van der Waals surface area contributed by atoms with Crippen LogP contribution in [0.4, 0.5) is 20.2 Å². The number of methoxy groups -OCH3 is 1. The average molecular weight is 387 g/mol. The summed E-state index contributed by atoms with van der Waals surface area (Å²) in [5.41, 5.74) is 1.52. The summed E-state index contributed by atoms with van der Waals surface area (Å²) < 4.78 is 30.8. The monoisotopic (exact) mass is 387 g/mol. The maximum atomic E-state index is 13.4. The van der Waals surface area contributed by atoms with Gasteiger partial charge in [-0.25, -0.2) is 8.78 Å². The van der Waals surface area contributed by atoms with Gasteiger partial charge in [0, 0.05) is 37.3 Å². The number of benzene rings is 2. The van der Waals surface area contributed by atoms with Gasteiger partial charge in [-0.3, -0.25) is 14.6 Å². The van der Waals surface area contributed by atoms with E-state index in [-0.39, 0.29) is 12.5 Å². The number of para-hydroxylation sites is 1. The van der Waals surface area contributed by atoms with Crippen LogP contribution in [0.25, 0.3) is 0 Å². The standard InChI is InChI=1S/C21H23F2N3O2/c1-28-16-8-6-15(7-9-16)26-20(27)17-4-2-3-5-18(17)24-21(26)10-12-25(13-11-21)14-19(22)23/h2-9,19,24H,10-14H2,1H3. The van der Waals surface area contributed by atoms with E-state index in [4.69, 9.17) is 4.74 Å². The van der Waals surface area contributed by atoms with Crippen molar-refractivity contribution in [1.82, 2.24) is 4.90 Å². The molecule has 0 aromatic heterocycles. The number of anilines is 2. The number of nitrogens with one attached hydrogen (secondary N) is 1. The Labute approximate surface area is 162 Å². The lowest BCUT2D eigenvalue weighted by atomic mass is 9.89. The first-order valence-corrected chi connectivity index (χ1v) is 9.39. The molecule has 7 heteroatoms. The Morgan fingerprint density at radius 1 is 1.11 bits per heavy atom. The Bertz CT molecular complexity index is 849. The van der Waals surface area contributed by atoms with E-state index in [2.05, 4.69) is 5.32 Å². The van der Waals surface area contributed by atoms with Crippen LogP contribution in [0.15, 0.2) is 48.5 Å². The third-order valence-electron chi connectivity index (χ3n) is 5.57. The molecule has 0 atom stereocenters. The Morgan fingerprint density at radius 2 is 1.79 bits per heavy atom. The van der Waals surface area contributed by atoms with Crippen LogP contribution >= 0.6 is 0 Å². The first-order chi connectivity index (χ1) is 13.5. The number of amides is 1. The topological polar surface area (TPSA) is 44.8 Å². The fourth-order valence-electron chi connectivity index (χ4n) is 4.15. The van der Waals surface area contributed by atoms with Crippen molar-refractivity contribution in [3.05, 3.63) is 54.1 Å². The van der Waals surface area contributed by atoms with E-state index in [1.165, 1.54) is 0 Å². The van der Waals surface area contributed by atoms with E-state index in [9.17, 15) is 13.6 Å². The molecule has 0 radical (unpaired) electrons. The normalized spacial score (nSPS) is 18.9. The lowest BCUT2D eigenvalue weighted by Crippen LogP contribution is -2.64. The van der Waals surface area contributed by atoms with Crippen molar-refractivity contribution in [3.8, 4) is 5.75 Å². The zero-order valence-electron chi connectivity index (χ0n) is 15.7. The minimum Gasteiger partial charge on any atom is -0.497 e. The van der Waals surface area contributed by atoms with E-state index < -0.39 is 12.1 Å². The minimum absolute atomic E-state index is 0.0816. The molecule has 28 heavy (non-hydrogen) atoms. The van der Waals surface area contributed by atoms with Gasteiger partial charge in [-0.2, -0.15) is 0 Å². The molecule has 0 unspecified atom stereocenters. The van der Waals surface area contributed by atoms with Gasteiger partial charge < -0.3 is 10.1 Å². The van der Waals surface area contributed by atoms with E-state index in [0.29, 0.717) is 37.2 Å². The van der Waals surface area contributed by atoms with Gasteiger partial charge in [-0.05, 0) is 36.4 Å². The Kier molecular flexibility index (Phi) is 4.93. The highest BCUT2D eigenvalue weighted by molar-refractivity contribution is 6.12. The molecule has 1 saturated heterocycles. The van der Waals surface area contributed by atoms with Crippen LogP contribution in [0.2, 0.25) is 0 Å². The molecule has 2 aromatic carbocycles. The van der Waals surface area contributed by atoms with Crippen molar-refractivity contribution >= 4 is 17.3 Å². The summed E-state index contributed by atoms with van der Waals surface area (Å²) in [5.74, 6) is 0.629. The fraction of sp³-hybridized carbons (Fsp3) is 0.381. The fourth-order valence-corrected chi connectivity index (χ4v) is 4.15. The zero-order valence-corrected chi connectivity index (χ0v) is 15.7. The zero-order chi connectivity index (χ0) is 19.7. The molecule has 4 rings (SSSR count). The Hall–Kier alpha value is -2.67. The van der Waals surface area contributed by atoms with Gasteiger partial charge in [-0.1, -0.05) is 12.1 Å². The molecule has 0 aliphatic carbocycles. The molecular formula is C21H23F2N3O2. The second-order valence-corrected chi connectivity index (χ2v) is 7.23. The molecule has 5 nitrogen and oxygen atoms in total. The number of likely N-dealkylation sites (tertiary alicyclic amines) is 1. The molecule has 1 amide bonds. The summed E-state index contributed by atoms with van der Waals surface area (Å²) in [4.78, 5) is 17.0.